The Kier molecular flexibility index (Phi) is 4.93. The van der Waals surface area contributed by atoms with Crippen molar-refractivity contribution in [1.29, 1.82) is 0 Å². The second-order valence-corrected chi connectivity index (χ2v) is 10.2. The molecular formula is C12H19BrN2O3S2. The number of hydrogen-bond donors (Lipinski definition) is 1. The van der Waals surface area contributed by atoms with Gasteiger partial charge in [0.15, 0.2) is 0 Å². The summed E-state index contributed by atoms with van der Waals surface area (Å²) in [5.41, 5.74) is -0.750. The van der Waals surface area contributed by atoms with E-state index in [4.69, 9.17) is 0 Å². The van der Waals surface area contributed by atoms with Crippen LogP contribution in [0, 0.1) is 0 Å². The van der Waals surface area contributed by atoms with E-state index >= 15 is 0 Å². The van der Waals surface area contributed by atoms with Crippen LogP contribution in [-0.4, -0.2) is 61.1 Å². The van der Waals surface area contributed by atoms with Crippen LogP contribution < -0.4 is 0 Å². The second-order valence-electron chi connectivity index (χ2n) is 5.55. The van der Waals surface area contributed by atoms with E-state index in [0.717, 1.165) is 3.79 Å². The predicted molar refractivity (Wildman–Crippen MR) is 83.5 cm³/mol. The fourth-order valence-corrected chi connectivity index (χ4v) is 5.83. The fraction of sp³-hybridized carbons (Fsp3) is 0.667. The Morgan fingerprint density at radius 1 is 1.30 bits per heavy atom. The first-order valence-corrected chi connectivity index (χ1v) is 9.44. The highest BCUT2D eigenvalue weighted by Gasteiger charge is 2.30. The van der Waals surface area contributed by atoms with Crippen LogP contribution >= 0.6 is 27.3 Å². The van der Waals surface area contributed by atoms with Gasteiger partial charge in [-0.2, -0.15) is 4.31 Å². The lowest BCUT2D eigenvalue weighted by Gasteiger charge is -2.36. The quantitative estimate of drug-likeness (QED) is 0.858. The molecule has 0 unspecified atom stereocenters. The molecule has 20 heavy (non-hydrogen) atoms. The average molecular weight is 383 g/mol. The van der Waals surface area contributed by atoms with Gasteiger partial charge in [-0.05, 0) is 41.9 Å². The number of rotatable bonds is 4. The van der Waals surface area contributed by atoms with Crippen LogP contribution in [0.5, 0.6) is 0 Å². The zero-order valence-electron chi connectivity index (χ0n) is 11.5. The highest BCUT2D eigenvalue weighted by Crippen LogP contribution is 2.29. The summed E-state index contributed by atoms with van der Waals surface area (Å²) in [6.45, 7) is 6.32. The van der Waals surface area contributed by atoms with Crippen LogP contribution in [0.15, 0.2) is 20.1 Å². The molecule has 2 rings (SSSR count). The third kappa shape index (κ3) is 4.02. The first-order valence-electron chi connectivity index (χ1n) is 6.39. The molecule has 0 aromatic carbocycles. The Hall–Kier alpha value is 0.01000. The van der Waals surface area contributed by atoms with Gasteiger partial charge in [-0.1, -0.05) is 0 Å². The summed E-state index contributed by atoms with van der Waals surface area (Å²) in [6.07, 6.45) is 0. The first-order chi connectivity index (χ1) is 9.18. The van der Waals surface area contributed by atoms with Gasteiger partial charge in [-0.15, -0.1) is 11.3 Å². The Balaban J connectivity index is 2.00. The van der Waals surface area contributed by atoms with E-state index in [-0.39, 0.29) is 0 Å². The van der Waals surface area contributed by atoms with E-state index in [1.54, 1.807) is 26.0 Å². The summed E-state index contributed by atoms with van der Waals surface area (Å²) in [5.74, 6) is 0. The van der Waals surface area contributed by atoms with Crippen molar-refractivity contribution in [3.8, 4) is 0 Å². The Morgan fingerprint density at radius 2 is 1.90 bits per heavy atom. The van der Waals surface area contributed by atoms with Gasteiger partial charge < -0.3 is 5.11 Å². The van der Waals surface area contributed by atoms with E-state index in [2.05, 4.69) is 20.8 Å². The molecular weight excluding hydrogens is 364 g/mol. The molecule has 1 N–H and O–H groups in total. The van der Waals surface area contributed by atoms with Crippen LogP contribution in [0.25, 0.3) is 0 Å². The minimum Gasteiger partial charge on any atom is -0.389 e. The molecule has 0 bridgehead atoms. The summed E-state index contributed by atoms with van der Waals surface area (Å²) in [6, 6.07) is 3.38. The number of sulfonamides is 1. The molecule has 1 saturated heterocycles. The van der Waals surface area contributed by atoms with Gasteiger partial charge in [0, 0.05) is 32.7 Å². The molecule has 114 valence electrons. The van der Waals surface area contributed by atoms with E-state index in [1.165, 1.54) is 15.6 Å². The number of thiophene rings is 1. The topological polar surface area (TPSA) is 60.9 Å². The van der Waals surface area contributed by atoms with E-state index in [9.17, 15) is 13.5 Å². The number of aliphatic hydroxyl groups is 1. The molecule has 1 aromatic rings. The van der Waals surface area contributed by atoms with Crippen LogP contribution in [0.1, 0.15) is 13.8 Å². The van der Waals surface area contributed by atoms with Crippen molar-refractivity contribution >= 4 is 37.3 Å². The molecule has 8 heteroatoms. The van der Waals surface area contributed by atoms with Gasteiger partial charge in [0.2, 0.25) is 0 Å². The molecule has 1 fully saturated rings. The third-order valence-corrected chi connectivity index (χ3v) is 7.07. The Labute approximate surface area is 132 Å². The maximum atomic E-state index is 12.4. The number of β-amino-alcohol motifs (C(OH)–C–C–N with tert-alkyl or cyclic N) is 1. The smallest absolute Gasteiger partial charge is 0.252 e. The zero-order chi connectivity index (χ0) is 15.0. The fourth-order valence-electron chi connectivity index (χ4n) is 2.24. The van der Waals surface area contributed by atoms with Gasteiger partial charge in [0.05, 0.1) is 9.39 Å². The summed E-state index contributed by atoms with van der Waals surface area (Å²) >= 11 is 4.52. The van der Waals surface area contributed by atoms with Gasteiger partial charge in [0.1, 0.15) is 4.21 Å². The molecule has 1 aliphatic heterocycles. The van der Waals surface area contributed by atoms with Gasteiger partial charge in [-0.3, -0.25) is 4.90 Å². The zero-order valence-corrected chi connectivity index (χ0v) is 14.8. The molecule has 0 atom stereocenters. The molecule has 1 aromatic heterocycles. The lowest BCUT2D eigenvalue weighted by atomic mass is 10.1. The second kappa shape index (κ2) is 6.02. The molecule has 0 spiro atoms. The van der Waals surface area contributed by atoms with Crippen molar-refractivity contribution < 1.29 is 13.5 Å². The molecule has 1 aliphatic rings. The van der Waals surface area contributed by atoms with E-state index < -0.39 is 15.6 Å². The minimum absolute atomic E-state index is 0.375. The van der Waals surface area contributed by atoms with E-state index in [1.807, 2.05) is 0 Å². The van der Waals surface area contributed by atoms with Crippen LogP contribution in [0.2, 0.25) is 0 Å². The number of hydrogen-bond acceptors (Lipinski definition) is 5. The summed E-state index contributed by atoms with van der Waals surface area (Å²) in [7, 11) is -3.38. The lowest BCUT2D eigenvalue weighted by Crippen LogP contribution is -2.51. The van der Waals surface area contributed by atoms with Gasteiger partial charge in [-0.25, -0.2) is 8.42 Å². The van der Waals surface area contributed by atoms with E-state index in [0.29, 0.717) is 36.9 Å². The monoisotopic (exact) mass is 382 g/mol. The number of halogens is 1. The van der Waals surface area contributed by atoms with Crippen LogP contribution in [-0.2, 0) is 10.0 Å². The Morgan fingerprint density at radius 3 is 2.35 bits per heavy atom. The molecule has 0 saturated carbocycles. The standard InChI is InChI=1S/C12H19BrN2O3S2/c1-12(2,16)9-14-5-7-15(8-6-14)20(17,18)11-4-3-10(13)19-11/h3-4,16H,5-9H2,1-2H3. The van der Waals surface area contributed by atoms with Crippen LogP contribution in [0.3, 0.4) is 0 Å². The predicted octanol–water partition coefficient (Wildman–Crippen LogP) is 1.59. The molecule has 0 amide bonds. The molecule has 0 radical (unpaired) electrons. The minimum atomic E-state index is -3.38. The maximum absolute atomic E-state index is 12.4. The van der Waals surface area contributed by atoms with Crippen molar-refractivity contribution in [1.82, 2.24) is 9.21 Å². The van der Waals surface area contributed by atoms with Gasteiger partial charge >= 0.3 is 0 Å². The summed E-state index contributed by atoms with van der Waals surface area (Å²) in [4.78, 5) is 2.09. The Bertz CT molecular complexity index is 558. The average Bonchev–Trinajstić information content (AvgIpc) is 2.75. The van der Waals surface area contributed by atoms with Crippen molar-refractivity contribution in [2.24, 2.45) is 0 Å². The molecule has 0 aliphatic carbocycles. The first kappa shape index (κ1) is 16.4. The number of piperazine rings is 1. The van der Waals surface area contributed by atoms with Crippen LogP contribution in [0.4, 0.5) is 0 Å². The molecule has 2 heterocycles. The van der Waals surface area contributed by atoms with Crippen molar-refractivity contribution in [3.05, 3.63) is 15.9 Å². The summed E-state index contributed by atoms with van der Waals surface area (Å²) < 4.78 is 27.6. The third-order valence-electron chi connectivity index (χ3n) is 3.08. The largest absolute Gasteiger partial charge is 0.389 e. The summed E-state index contributed by atoms with van der Waals surface area (Å²) in [5, 5.41) is 9.80. The number of nitrogens with zero attached hydrogens (tertiary/aromatic N) is 2. The van der Waals surface area contributed by atoms with Crippen molar-refractivity contribution in [2.75, 3.05) is 32.7 Å². The molecule has 5 nitrogen and oxygen atoms in total. The normalized spacial score (nSPS) is 19.4. The van der Waals surface area contributed by atoms with Crippen molar-refractivity contribution in [3.63, 3.8) is 0 Å². The van der Waals surface area contributed by atoms with Gasteiger partial charge in [0.25, 0.3) is 10.0 Å². The highest BCUT2D eigenvalue weighted by molar-refractivity contribution is 9.11. The SMILES string of the molecule is CC(C)(O)CN1CCN(S(=O)(=O)c2ccc(Br)s2)CC1. The van der Waals surface area contributed by atoms with Crippen molar-refractivity contribution in [2.45, 2.75) is 23.7 Å². The maximum Gasteiger partial charge on any atom is 0.252 e. The highest BCUT2D eigenvalue weighted by atomic mass is 79.9. The lowest BCUT2D eigenvalue weighted by molar-refractivity contribution is 0.0263.